The highest BCUT2D eigenvalue weighted by Crippen LogP contribution is 2.15. The fourth-order valence-electron chi connectivity index (χ4n) is 2.46. The van der Waals surface area contributed by atoms with E-state index in [9.17, 15) is 4.79 Å². The van der Waals surface area contributed by atoms with Crippen LogP contribution in [0.3, 0.4) is 0 Å². The number of ether oxygens (including phenoxy) is 1. The lowest BCUT2D eigenvalue weighted by Gasteiger charge is -2.26. The molecular weight excluding hydrogens is 334 g/mol. The van der Waals surface area contributed by atoms with Gasteiger partial charge in [-0.25, -0.2) is 0 Å². The first-order chi connectivity index (χ1) is 12.6. The summed E-state index contributed by atoms with van der Waals surface area (Å²) < 4.78 is 5.31. The third-order valence-corrected chi connectivity index (χ3v) is 3.86. The maximum Gasteiger partial charge on any atom is 0.253 e. The largest absolute Gasteiger partial charge is 0.382 e. The Morgan fingerprint density at radius 1 is 1.38 bits per heavy atom. The maximum absolute atomic E-state index is 12.4. The summed E-state index contributed by atoms with van der Waals surface area (Å²) in [4.78, 5) is 14.7. The minimum Gasteiger partial charge on any atom is -0.382 e. The molecular formula is C17H23N7O2. The number of amidine groups is 1. The number of nitrogens with two attached hydrogens (primary N) is 1. The van der Waals surface area contributed by atoms with Gasteiger partial charge < -0.3 is 15.8 Å². The van der Waals surface area contributed by atoms with Crippen LogP contribution >= 0.6 is 0 Å². The molecule has 5 N–H and O–H groups in total. The molecule has 0 aliphatic carbocycles. The number of amides is 1. The van der Waals surface area contributed by atoms with Crippen LogP contribution in [0.1, 0.15) is 16.8 Å². The van der Waals surface area contributed by atoms with Crippen molar-refractivity contribution in [3.05, 3.63) is 29.8 Å². The third kappa shape index (κ3) is 5.84. The highest BCUT2D eigenvalue weighted by molar-refractivity contribution is 6.45. The number of anilines is 1. The lowest BCUT2D eigenvalue weighted by molar-refractivity contribution is 0.0374. The number of carbonyl (C=O) groups is 1. The standard InChI is InChI=1S/C17H23N7O2/c18-12-15(16(19)20)23-22-14-5-2-1-4-13(14)17(25)21-6-3-7-24-8-10-26-11-9-24/h1-2,4-5,22H,3,6-11H2,(H3,19,20)(H,21,25)/b23-15+. The van der Waals surface area contributed by atoms with E-state index in [1.807, 2.05) is 0 Å². The SMILES string of the molecule is N#C/C(=N\Nc1ccccc1C(=O)NCCCN1CCOCC1)C(=N)N. The van der Waals surface area contributed by atoms with Crippen molar-refractivity contribution in [3.8, 4) is 6.07 Å². The van der Waals surface area contributed by atoms with Crippen molar-refractivity contribution in [2.75, 3.05) is 44.8 Å². The normalized spacial score (nSPS) is 15.1. The number of carbonyl (C=O) groups excluding carboxylic acids is 1. The molecule has 0 atom stereocenters. The van der Waals surface area contributed by atoms with Gasteiger partial charge in [0.2, 0.25) is 5.71 Å². The lowest BCUT2D eigenvalue weighted by Crippen LogP contribution is -2.38. The number of nitrogens with zero attached hydrogens (tertiary/aromatic N) is 3. The smallest absolute Gasteiger partial charge is 0.253 e. The van der Waals surface area contributed by atoms with Crippen LogP contribution in [0.4, 0.5) is 5.69 Å². The summed E-state index contributed by atoms with van der Waals surface area (Å²) in [5, 5.41) is 22.8. The van der Waals surface area contributed by atoms with Gasteiger partial charge in [0, 0.05) is 19.6 Å². The number of nitriles is 1. The Labute approximate surface area is 152 Å². The van der Waals surface area contributed by atoms with Crippen molar-refractivity contribution in [2.24, 2.45) is 10.8 Å². The summed E-state index contributed by atoms with van der Waals surface area (Å²) in [5.41, 5.74) is 8.48. The number of benzene rings is 1. The minimum absolute atomic E-state index is 0.230. The van der Waals surface area contributed by atoms with E-state index in [1.165, 1.54) is 0 Å². The van der Waals surface area contributed by atoms with E-state index in [4.69, 9.17) is 21.1 Å². The quantitative estimate of drug-likeness (QED) is 0.229. The molecule has 0 saturated carbocycles. The van der Waals surface area contributed by atoms with Gasteiger partial charge in [-0.1, -0.05) is 12.1 Å². The van der Waals surface area contributed by atoms with Gasteiger partial charge in [0.15, 0.2) is 5.84 Å². The number of morpholine rings is 1. The maximum atomic E-state index is 12.4. The molecule has 0 radical (unpaired) electrons. The van der Waals surface area contributed by atoms with E-state index in [0.29, 0.717) is 17.8 Å². The van der Waals surface area contributed by atoms with Gasteiger partial charge in [-0.05, 0) is 25.1 Å². The molecule has 0 bridgehead atoms. The fraction of sp³-hybridized carbons (Fsp3) is 0.412. The van der Waals surface area contributed by atoms with Gasteiger partial charge >= 0.3 is 0 Å². The number of hydrogen-bond acceptors (Lipinski definition) is 7. The summed E-state index contributed by atoms with van der Waals surface area (Å²) in [7, 11) is 0. The molecule has 138 valence electrons. The second-order valence-electron chi connectivity index (χ2n) is 5.71. The number of para-hydroxylation sites is 1. The van der Waals surface area contributed by atoms with Crippen LogP contribution in [0.5, 0.6) is 0 Å². The molecule has 9 nitrogen and oxygen atoms in total. The van der Waals surface area contributed by atoms with Crippen LogP contribution in [0.15, 0.2) is 29.4 Å². The molecule has 0 spiro atoms. The highest BCUT2D eigenvalue weighted by Gasteiger charge is 2.12. The number of hydrazone groups is 1. The Morgan fingerprint density at radius 3 is 2.81 bits per heavy atom. The van der Waals surface area contributed by atoms with Crippen molar-refractivity contribution in [1.29, 1.82) is 10.7 Å². The second kappa shape index (κ2) is 10.1. The predicted molar refractivity (Wildman–Crippen MR) is 99.2 cm³/mol. The number of rotatable bonds is 8. The van der Waals surface area contributed by atoms with E-state index in [1.54, 1.807) is 30.3 Å². The van der Waals surface area contributed by atoms with Gasteiger partial charge in [0.05, 0.1) is 24.5 Å². The van der Waals surface area contributed by atoms with Crippen LogP contribution in [0.25, 0.3) is 0 Å². The van der Waals surface area contributed by atoms with Crippen molar-refractivity contribution in [2.45, 2.75) is 6.42 Å². The zero-order valence-electron chi connectivity index (χ0n) is 14.5. The first kappa shape index (κ1) is 19.4. The Bertz CT molecular complexity index is 705. The van der Waals surface area contributed by atoms with E-state index in [-0.39, 0.29) is 11.6 Å². The molecule has 0 unspecified atom stereocenters. The van der Waals surface area contributed by atoms with Crippen molar-refractivity contribution in [3.63, 3.8) is 0 Å². The van der Waals surface area contributed by atoms with Crippen LogP contribution in [0.2, 0.25) is 0 Å². The Kier molecular flexibility index (Phi) is 7.54. The fourth-order valence-corrected chi connectivity index (χ4v) is 2.46. The third-order valence-electron chi connectivity index (χ3n) is 3.86. The molecule has 9 heteroatoms. The van der Waals surface area contributed by atoms with Crippen molar-refractivity contribution >= 4 is 23.1 Å². The van der Waals surface area contributed by atoms with Gasteiger partial charge in [0.1, 0.15) is 6.07 Å². The number of hydrogen-bond donors (Lipinski definition) is 4. The van der Waals surface area contributed by atoms with Crippen LogP contribution in [-0.4, -0.2) is 61.7 Å². The van der Waals surface area contributed by atoms with Gasteiger partial charge in [0.25, 0.3) is 5.91 Å². The molecule has 0 aromatic heterocycles. The first-order valence-electron chi connectivity index (χ1n) is 8.37. The van der Waals surface area contributed by atoms with E-state index < -0.39 is 5.84 Å². The molecule has 26 heavy (non-hydrogen) atoms. The Balaban J connectivity index is 1.88. The minimum atomic E-state index is -0.440. The molecule has 1 amide bonds. The highest BCUT2D eigenvalue weighted by atomic mass is 16.5. The zero-order chi connectivity index (χ0) is 18.8. The average Bonchev–Trinajstić information content (AvgIpc) is 2.66. The number of nitrogens with one attached hydrogen (secondary N) is 3. The van der Waals surface area contributed by atoms with Crippen molar-refractivity contribution in [1.82, 2.24) is 10.2 Å². The molecule has 1 aromatic rings. The summed E-state index contributed by atoms with van der Waals surface area (Å²) in [6.45, 7) is 4.85. The van der Waals surface area contributed by atoms with Crippen LogP contribution < -0.4 is 16.5 Å². The second-order valence-corrected chi connectivity index (χ2v) is 5.71. The van der Waals surface area contributed by atoms with Crippen LogP contribution in [0, 0.1) is 16.7 Å². The van der Waals surface area contributed by atoms with Gasteiger partial charge in [-0.15, -0.1) is 0 Å². The van der Waals surface area contributed by atoms with Crippen molar-refractivity contribution < 1.29 is 9.53 Å². The Morgan fingerprint density at radius 2 is 2.12 bits per heavy atom. The predicted octanol–water partition coefficient (Wildman–Crippen LogP) is 0.366. The first-order valence-corrected chi connectivity index (χ1v) is 8.37. The lowest BCUT2D eigenvalue weighted by atomic mass is 10.1. The summed E-state index contributed by atoms with van der Waals surface area (Å²) in [6.07, 6.45) is 0.850. The van der Waals surface area contributed by atoms with E-state index >= 15 is 0 Å². The summed E-state index contributed by atoms with van der Waals surface area (Å²) in [6, 6.07) is 8.53. The average molecular weight is 357 g/mol. The molecule has 1 aliphatic rings. The summed E-state index contributed by atoms with van der Waals surface area (Å²) in [5.74, 6) is -0.670. The molecule has 1 aliphatic heterocycles. The van der Waals surface area contributed by atoms with E-state index in [0.717, 1.165) is 39.3 Å². The molecule has 2 rings (SSSR count). The van der Waals surface area contributed by atoms with Crippen LogP contribution in [-0.2, 0) is 4.74 Å². The van der Waals surface area contributed by atoms with Gasteiger partial charge in [-0.3, -0.25) is 20.5 Å². The molecule has 1 aromatic carbocycles. The monoisotopic (exact) mass is 357 g/mol. The zero-order valence-corrected chi connectivity index (χ0v) is 14.5. The van der Waals surface area contributed by atoms with E-state index in [2.05, 4.69) is 20.7 Å². The topological polar surface area (TPSA) is 140 Å². The van der Waals surface area contributed by atoms with Gasteiger partial charge in [-0.2, -0.15) is 10.4 Å². The molecule has 1 saturated heterocycles. The molecule has 1 fully saturated rings. The molecule has 1 heterocycles. The Hall–Kier alpha value is -2.96. The summed E-state index contributed by atoms with van der Waals surface area (Å²) >= 11 is 0.